The van der Waals surface area contributed by atoms with Gasteiger partial charge in [-0.1, -0.05) is 29.8 Å². The molecule has 1 saturated heterocycles. The summed E-state index contributed by atoms with van der Waals surface area (Å²) in [5.41, 5.74) is 5.41. The summed E-state index contributed by atoms with van der Waals surface area (Å²) in [6.07, 6.45) is 3.39. The number of likely N-dealkylation sites (tertiary alicyclic amines) is 1. The summed E-state index contributed by atoms with van der Waals surface area (Å²) >= 11 is 0. The lowest BCUT2D eigenvalue weighted by Gasteiger charge is -2.12. The van der Waals surface area contributed by atoms with Crippen LogP contribution in [0, 0.1) is 6.92 Å². The molecule has 3 rings (SSSR count). The zero-order valence-electron chi connectivity index (χ0n) is 15.4. The summed E-state index contributed by atoms with van der Waals surface area (Å²) in [4.78, 5) is 25.2. The largest absolute Gasteiger partial charge is 0.489 e. The van der Waals surface area contributed by atoms with E-state index in [4.69, 9.17) is 4.74 Å². The Morgan fingerprint density at radius 3 is 2.41 bits per heavy atom. The van der Waals surface area contributed by atoms with Crippen molar-refractivity contribution in [3.05, 3.63) is 65.2 Å². The number of nitrogens with one attached hydrogen (secondary N) is 1. The van der Waals surface area contributed by atoms with Crippen LogP contribution in [0.4, 0.5) is 0 Å². The molecular weight excluding hydrogens is 342 g/mol. The van der Waals surface area contributed by atoms with Crippen molar-refractivity contribution >= 4 is 18.0 Å². The van der Waals surface area contributed by atoms with Crippen LogP contribution in [0.15, 0.2) is 53.6 Å². The fraction of sp³-hybridized carbons (Fsp3) is 0.286. The van der Waals surface area contributed by atoms with E-state index in [2.05, 4.69) is 29.6 Å². The van der Waals surface area contributed by atoms with Crippen molar-refractivity contribution in [3.8, 4) is 5.75 Å². The molecule has 0 aromatic heterocycles. The maximum atomic E-state index is 11.9. The first-order chi connectivity index (χ1) is 13.1. The van der Waals surface area contributed by atoms with Crippen LogP contribution < -0.4 is 10.2 Å². The van der Waals surface area contributed by atoms with Gasteiger partial charge in [-0.05, 0) is 55.2 Å². The molecule has 6 heteroatoms. The van der Waals surface area contributed by atoms with Crippen LogP contribution in [-0.2, 0) is 16.2 Å². The van der Waals surface area contributed by atoms with Crippen molar-refractivity contribution in [2.45, 2.75) is 26.4 Å². The first-order valence-corrected chi connectivity index (χ1v) is 9.02. The lowest BCUT2D eigenvalue weighted by Crippen LogP contribution is -2.39. The fourth-order valence-corrected chi connectivity index (χ4v) is 2.78. The molecule has 2 amide bonds. The molecule has 0 bridgehead atoms. The Labute approximate surface area is 158 Å². The van der Waals surface area contributed by atoms with E-state index in [-0.39, 0.29) is 0 Å². The average Bonchev–Trinajstić information content (AvgIpc) is 3.22. The minimum Gasteiger partial charge on any atom is -0.489 e. The molecule has 0 spiro atoms. The maximum absolute atomic E-state index is 11.9. The van der Waals surface area contributed by atoms with Gasteiger partial charge in [-0.25, -0.2) is 5.43 Å². The van der Waals surface area contributed by atoms with Crippen molar-refractivity contribution in [1.82, 2.24) is 10.3 Å². The second kappa shape index (κ2) is 8.98. The summed E-state index contributed by atoms with van der Waals surface area (Å²) in [6.45, 7) is 3.83. The summed E-state index contributed by atoms with van der Waals surface area (Å²) in [7, 11) is 0. The predicted octanol–water partition coefficient (Wildman–Crippen LogP) is 2.65. The molecule has 0 saturated carbocycles. The molecule has 1 fully saturated rings. The van der Waals surface area contributed by atoms with Gasteiger partial charge in [0.1, 0.15) is 12.4 Å². The Balaban J connectivity index is 1.46. The van der Waals surface area contributed by atoms with Gasteiger partial charge in [0.25, 0.3) is 0 Å². The third kappa shape index (κ3) is 5.41. The second-order valence-electron chi connectivity index (χ2n) is 6.54. The van der Waals surface area contributed by atoms with Gasteiger partial charge in [0.05, 0.1) is 6.21 Å². The maximum Gasteiger partial charge on any atom is 0.329 e. The number of hydrogen-bond donors (Lipinski definition) is 1. The molecule has 140 valence electrons. The number of hydrogen-bond acceptors (Lipinski definition) is 4. The van der Waals surface area contributed by atoms with Crippen LogP contribution in [0.1, 0.15) is 29.5 Å². The van der Waals surface area contributed by atoms with Crippen molar-refractivity contribution in [2.75, 3.05) is 13.1 Å². The number of nitrogens with zero attached hydrogens (tertiary/aromatic N) is 2. The lowest BCUT2D eigenvalue weighted by molar-refractivity contribution is -0.145. The zero-order valence-corrected chi connectivity index (χ0v) is 15.4. The molecule has 0 atom stereocenters. The monoisotopic (exact) mass is 365 g/mol. The summed E-state index contributed by atoms with van der Waals surface area (Å²) in [5.74, 6) is -0.475. The number of ether oxygens (including phenoxy) is 1. The van der Waals surface area contributed by atoms with Crippen LogP contribution in [0.25, 0.3) is 0 Å². The zero-order chi connectivity index (χ0) is 19.1. The molecule has 1 N–H and O–H groups in total. The number of rotatable bonds is 5. The molecule has 2 aromatic carbocycles. The van der Waals surface area contributed by atoms with E-state index in [1.807, 2.05) is 36.4 Å². The van der Waals surface area contributed by atoms with Crippen LogP contribution in [-0.4, -0.2) is 36.0 Å². The van der Waals surface area contributed by atoms with E-state index < -0.39 is 11.8 Å². The Hall–Kier alpha value is -3.15. The molecule has 0 aliphatic carbocycles. The summed E-state index contributed by atoms with van der Waals surface area (Å²) in [5, 5.41) is 3.85. The van der Waals surface area contributed by atoms with Crippen LogP contribution in [0.5, 0.6) is 5.75 Å². The highest BCUT2D eigenvalue weighted by Gasteiger charge is 2.23. The van der Waals surface area contributed by atoms with E-state index >= 15 is 0 Å². The third-order valence-corrected chi connectivity index (χ3v) is 4.37. The number of carbonyl (C=O) groups is 2. The molecule has 0 unspecified atom stereocenters. The average molecular weight is 365 g/mol. The summed E-state index contributed by atoms with van der Waals surface area (Å²) in [6, 6.07) is 15.6. The first kappa shape index (κ1) is 18.6. The van der Waals surface area contributed by atoms with Crippen molar-refractivity contribution in [2.24, 2.45) is 5.10 Å². The molecule has 1 heterocycles. The minimum absolute atomic E-state index is 0.502. The standard InChI is InChI=1S/C21H23N3O3/c1-16-4-6-18(7-5-16)15-27-19-10-8-17(9-11-19)14-22-23-20(25)21(26)24-12-2-3-13-24/h4-11,14H,2-3,12-13,15H2,1H3,(H,23,25)/b22-14+. The first-order valence-electron chi connectivity index (χ1n) is 9.02. The van der Waals surface area contributed by atoms with Gasteiger partial charge >= 0.3 is 11.8 Å². The van der Waals surface area contributed by atoms with E-state index in [9.17, 15) is 9.59 Å². The molecular formula is C21H23N3O3. The minimum atomic E-state index is -0.703. The van der Waals surface area contributed by atoms with Crippen molar-refractivity contribution in [1.29, 1.82) is 0 Å². The summed E-state index contributed by atoms with van der Waals surface area (Å²) < 4.78 is 5.75. The predicted molar refractivity (Wildman–Crippen MR) is 104 cm³/mol. The SMILES string of the molecule is Cc1ccc(COc2ccc(/C=N/NC(=O)C(=O)N3CCCC3)cc2)cc1. The molecule has 27 heavy (non-hydrogen) atoms. The Morgan fingerprint density at radius 1 is 1.07 bits per heavy atom. The normalized spacial score (nSPS) is 13.7. The quantitative estimate of drug-likeness (QED) is 0.503. The van der Waals surface area contributed by atoms with Gasteiger partial charge in [0.15, 0.2) is 0 Å². The molecule has 0 radical (unpaired) electrons. The molecule has 6 nitrogen and oxygen atoms in total. The van der Waals surface area contributed by atoms with E-state index in [0.29, 0.717) is 19.7 Å². The third-order valence-electron chi connectivity index (χ3n) is 4.37. The Morgan fingerprint density at radius 2 is 1.74 bits per heavy atom. The smallest absolute Gasteiger partial charge is 0.329 e. The van der Waals surface area contributed by atoms with Crippen molar-refractivity contribution in [3.63, 3.8) is 0 Å². The molecule has 1 aliphatic heterocycles. The number of carbonyl (C=O) groups excluding carboxylic acids is 2. The highest BCUT2D eigenvalue weighted by Crippen LogP contribution is 2.14. The Kier molecular flexibility index (Phi) is 6.20. The highest BCUT2D eigenvalue weighted by molar-refractivity contribution is 6.35. The van der Waals surface area contributed by atoms with Gasteiger partial charge in [-0.2, -0.15) is 5.10 Å². The molecule has 2 aromatic rings. The fourth-order valence-electron chi connectivity index (χ4n) is 2.78. The topological polar surface area (TPSA) is 71.0 Å². The van der Waals surface area contributed by atoms with Crippen molar-refractivity contribution < 1.29 is 14.3 Å². The number of benzene rings is 2. The lowest BCUT2D eigenvalue weighted by atomic mass is 10.2. The van der Waals surface area contributed by atoms with E-state index in [0.717, 1.165) is 29.7 Å². The number of aryl methyl sites for hydroxylation is 1. The highest BCUT2D eigenvalue weighted by atomic mass is 16.5. The molecule has 1 aliphatic rings. The van der Waals surface area contributed by atoms with Crippen LogP contribution in [0.3, 0.4) is 0 Å². The second-order valence-corrected chi connectivity index (χ2v) is 6.54. The van der Waals surface area contributed by atoms with Gasteiger partial charge in [0.2, 0.25) is 0 Å². The van der Waals surface area contributed by atoms with E-state index in [1.165, 1.54) is 11.8 Å². The van der Waals surface area contributed by atoms with Gasteiger partial charge < -0.3 is 9.64 Å². The number of amides is 2. The number of hydrazone groups is 1. The Bertz CT molecular complexity index is 808. The van der Waals surface area contributed by atoms with Gasteiger partial charge in [-0.3, -0.25) is 9.59 Å². The van der Waals surface area contributed by atoms with E-state index in [1.54, 1.807) is 4.90 Å². The van der Waals surface area contributed by atoms with Crippen LogP contribution >= 0.6 is 0 Å². The van der Waals surface area contributed by atoms with Crippen LogP contribution in [0.2, 0.25) is 0 Å². The van der Waals surface area contributed by atoms with Gasteiger partial charge in [0, 0.05) is 13.1 Å². The van der Waals surface area contributed by atoms with Gasteiger partial charge in [-0.15, -0.1) is 0 Å².